The first-order chi connectivity index (χ1) is 9.47. The number of non-ortho nitro benzene ring substituents is 1. The molecule has 0 amide bonds. The van der Waals surface area contributed by atoms with E-state index in [1.54, 1.807) is 12.1 Å². The second kappa shape index (κ2) is 5.61. The average Bonchev–Trinajstić information content (AvgIpc) is 2.41. The van der Waals surface area contributed by atoms with Crippen LogP contribution in [0.3, 0.4) is 0 Å². The molecule has 0 spiro atoms. The molecule has 0 aliphatic heterocycles. The third-order valence-corrected chi connectivity index (χ3v) is 3.11. The summed E-state index contributed by atoms with van der Waals surface area (Å²) in [5.74, 6) is 0.848. The van der Waals surface area contributed by atoms with Crippen LogP contribution in [0.15, 0.2) is 30.3 Å². The normalized spacial score (nSPS) is 10.9. The van der Waals surface area contributed by atoms with Gasteiger partial charge in [0.05, 0.1) is 12.0 Å². The van der Waals surface area contributed by atoms with Crippen molar-refractivity contribution in [3.8, 4) is 0 Å². The predicted molar refractivity (Wildman–Crippen MR) is 76.9 cm³/mol. The van der Waals surface area contributed by atoms with Crippen molar-refractivity contribution in [1.29, 1.82) is 0 Å². The van der Waals surface area contributed by atoms with E-state index >= 15 is 0 Å². The number of nitrogens with zero attached hydrogens (tertiary/aromatic N) is 3. The molecule has 20 heavy (non-hydrogen) atoms. The van der Waals surface area contributed by atoms with Crippen LogP contribution in [0.2, 0.25) is 0 Å². The lowest BCUT2D eigenvalue weighted by molar-refractivity contribution is -0.682. The van der Waals surface area contributed by atoms with Crippen LogP contribution in [0.4, 0.5) is 5.69 Å². The maximum absolute atomic E-state index is 10.6. The fourth-order valence-corrected chi connectivity index (χ4v) is 1.89. The Hall–Kier alpha value is -2.56. The van der Waals surface area contributed by atoms with Crippen molar-refractivity contribution in [3.05, 3.63) is 63.2 Å². The molecule has 0 saturated carbocycles. The zero-order valence-electron chi connectivity index (χ0n) is 11.7. The summed E-state index contributed by atoms with van der Waals surface area (Å²) in [7, 11) is 1.96. The van der Waals surface area contributed by atoms with Gasteiger partial charge in [-0.05, 0) is 35.7 Å². The summed E-state index contributed by atoms with van der Waals surface area (Å²) in [5.41, 5.74) is 3.08. The van der Waals surface area contributed by atoms with E-state index in [-0.39, 0.29) is 5.69 Å². The molecule has 0 aliphatic rings. The molecule has 1 aromatic carbocycles. The molecule has 0 bridgehead atoms. The number of aromatic nitrogens is 2. The second-order valence-corrected chi connectivity index (χ2v) is 4.64. The number of benzene rings is 1. The van der Waals surface area contributed by atoms with Gasteiger partial charge in [0.1, 0.15) is 5.69 Å². The number of aryl methyl sites for hydroxylation is 2. The summed E-state index contributed by atoms with van der Waals surface area (Å²) in [6.07, 6.45) is 3.80. The van der Waals surface area contributed by atoms with Gasteiger partial charge in [0.25, 0.3) is 5.69 Å². The molecule has 0 N–H and O–H groups in total. The van der Waals surface area contributed by atoms with Crippen LogP contribution in [0.5, 0.6) is 0 Å². The number of hydrogen-bond donors (Lipinski definition) is 0. The van der Waals surface area contributed by atoms with Gasteiger partial charge < -0.3 is 0 Å². The van der Waals surface area contributed by atoms with Gasteiger partial charge in [-0.25, -0.2) is 4.57 Å². The van der Waals surface area contributed by atoms with Gasteiger partial charge in [-0.3, -0.25) is 10.1 Å². The highest BCUT2D eigenvalue weighted by atomic mass is 16.6. The van der Waals surface area contributed by atoms with Gasteiger partial charge in [0.2, 0.25) is 0 Å². The Bertz CT molecular complexity index is 676. The summed E-state index contributed by atoms with van der Waals surface area (Å²) in [4.78, 5) is 14.6. The topological polar surface area (TPSA) is 59.9 Å². The van der Waals surface area contributed by atoms with Crippen molar-refractivity contribution in [3.63, 3.8) is 0 Å². The highest BCUT2D eigenvalue weighted by Gasteiger charge is 2.10. The molecule has 0 atom stereocenters. The predicted octanol–water partition coefficient (Wildman–Crippen LogP) is 2.60. The molecule has 5 heteroatoms. The smallest absolute Gasteiger partial charge is 0.258 e. The van der Waals surface area contributed by atoms with Crippen molar-refractivity contribution in [2.45, 2.75) is 13.8 Å². The Morgan fingerprint density at radius 2 is 1.85 bits per heavy atom. The SMILES string of the molecule is Cc1cc(C)[n+](C)c(/C=C/c2ccc([N+](=O)[O-])cc2)n1. The molecule has 0 aliphatic carbocycles. The van der Waals surface area contributed by atoms with E-state index in [9.17, 15) is 10.1 Å². The largest absolute Gasteiger partial charge is 0.323 e. The van der Waals surface area contributed by atoms with E-state index in [1.165, 1.54) is 12.1 Å². The molecule has 2 aromatic rings. The summed E-state index contributed by atoms with van der Waals surface area (Å²) >= 11 is 0. The monoisotopic (exact) mass is 270 g/mol. The van der Waals surface area contributed by atoms with Gasteiger partial charge in [0.15, 0.2) is 5.69 Å². The zero-order valence-corrected chi connectivity index (χ0v) is 11.7. The van der Waals surface area contributed by atoms with E-state index in [2.05, 4.69) is 4.98 Å². The minimum Gasteiger partial charge on any atom is -0.258 e. The first kappa shape index (κ1) is 13.9. The van der Waals surface area contributed by atoms with Gasteiger partial charge in [-0.1, -0.05) is 0 Å². The Morgan fingerprint density at radius 1 is 1.20 bits per heavy atom. The van der Waals surface area contributed by atoms with E-state index in [4.69, 9.17) is 0 Å². The molecular formula is C15H16N3O2+. The fourth-order valence-electron chi connectivity index (χ4n) is 1.89. The van der Waals surface area contributed by atoms with E-state index < -0.39 is 4.92 Å². The number of hydrogen-bond acceptors (Lipinski definition) is 3. The molecule has 0 radical (unpaired) electrons. The summed E-state index contributed by atoms with van der Waals surface area (Å²) in [6, 6.07) is 8.45. The fraction of sp³-hybridized carbons (Fsp3) is 0.200. The van der Waals surface area contributed by atoms with Crippen molar-refractivity contribution in [1.82, 2.24) is 4.98 Å². The molecule has 1 heterocycles. The Morgan fingerprint density at radius 3 is 2.45 bits per heavy atom. The third kappa shape index (κ3) is 3.06. The van der Waals surface area contributed by atoms with Crippen LogP contribution in [-0.2, 0) is 7.05 Å². The van der Waals surface area contributed by atoms with Gasteiger partial charge in [-0.15, -0.1) is 0 Å². The van der Waals surface area contributed by atoms with Gasteiger partial charge >= 0.3 is 5.82 Å². The number of nitro benzene ring substituents is 1. The molecule has 1 aromatic heterocycles. The maximum Gasteiger partial charge on any atom is 0.323 e. The van der Waals surface area contributed by atoms with Crippen LogP contribution in [0.25, 0.3) is 12.2 Å². The van der Waals surface area contributed by atoms with Gasteiger partial charge in [0, 0.05) is 31.2 Å². The Labute approximate surface area is 117 Å². The van der Waals surface area contributed by atoms with Gasteiger partial charge in [-0.2, -0.15) is 0 Å². The molecule has 102 valence electrons. The average molecular weight is 270 g/mol. The van der Waals surface area contributed by atoms with Crippen molar-refractivity contribution in [2.75, 3.05) is 0 Å². The zero-order chi connectivity index (χ0) is 14.7. The highest BCUT2D eigenvalue weighted by Crippen LogP contribution is 2.13. The maximum atomic E-state index is 10.6. The molecular weight excluding hydrogens is 254 g/mol. The van der Waals surface area contributed by atoms with Crippen LogP contribution in [0.1, 0.15) is 22.8 Å². The van der Waals surface area contributed by atoms with Crippen LogP contribution < -0.4 is 4.57 Å². The highest BCUT2D eigenvalue weighted by molar-refractivity contribution is 5.66. The van der Waals surface area contributed by atoms with Crippen molar-refractivity contribution < 1.29 is 9.49 Å². The molecule has 0 unspecified atom stereocenters. The van der Waals surface area contributed by atoms with Crippen molar-refractivity contribution >= 4 is 17.8 Å². The molecule has 0 fully saturated rings. The molecule has 2 rings (SSSR count). The van der Waals surface area contributed by atoms with E-state index in [0.29, 0.717) is 0 Å². The lowest BCUT2D eigenvalue weighted by Gasteiger charge is -1.99. The number of nitro groups is 1. The number of rotatable bonds is 3. The quantitative estimate of drug-likeness (QED) is 0.489. The minimum atomic E-state index is -0.404. The lowest BCUT2D eigenvalue weighted by Crippen LogP contribution is -2.36. The standard InChI is InChI=1S/C15H16N3O2/c1-11-10-12(2)17(3)15(16-11)9-6-13-4-7-14(8-5-13)18(19)20/h4-10H,1-3H3/q+1/b9-6+. The summed E-state index contributed by atoms with van der Waals surface area (Å²) < 4.78 is 1.99. The molecule has 0 saturated heterocycles. The Kier molecular flexibility index (Phi) is 3.89. The van der Waals surface area contributed by atoms with E-state index in [1.807, 2.05) is 43.7 Å². The van der Waals surface area contributed by atoms with Crippen LogP contribution in [0, 0.1) is 24.0 Å². The molecule has 5 nitrogen and oxygen atoms in total. The van der Waals surface area contributed by atoms with Crippen LogP contribution >= 0.6 is 0 Å². The van der Waals surface area contributed by atoms with E-state index in [0.717, 1.165) is 22.8 Å². The second-order valence-electron chi connectivity index (χ2n) is 4.64. The lowest BCUT2D eigenvalue weighted by atomic mass is 10.2. The first-order valence-corrected chi connectivity index (χ1v) is 6.24. The third-order valence-electron chi connectivity index (χ3n) is 3.11. The minimum absolute atomic E-state index is 0.0947. The summed E-state index contributed by atoms with van der Waals surface area (Å²) in [6.45, 7) is 3.98. The van der Waals surface area contributed by atoms with Crippen LogP contribution in [-0.4, -0.2) is 9.91 Å². The summed E-state index contributed by atoms with van der Waals surface area (Å²) in [5, 5.41) is 10.6. The van der Waals surface area contributed by atoms with Crippen molar-refractivity contribution in [2.24, 2.45) is 7.05 Å². The first-order valence-electron chi connectivity index (χ1n) is 6.24. The Balaban J connectivity index is 2.27.